The number of nitrogens with zero attached hydrogens (tertiary/aromatic N) is 1. The first-order valence-electron chi connectivity index (χ1n) is 21.5. The van der Waals surface area contributed by atoms with Crippen LogP contribution >= 0.6 is 0 Å². The number of esters is 3. The monoisotopic (exact) mass is 788 g/mol. The molecule has 0 aromatic rings. The summed E-state index contributed by atoms with van der Waals surface area (Å²) in [6.45, 7) is 4.51. The van der Waals surface area contributed by atoms with Crippen LogP contribution in [0.5, 0.6) is 0 Å². The van der Waals surface area contributed by atoms with Crippen molar-refractivity contribution in [1.82, 2.24) is 4.90 Å². The molecule has 0 heterocycles. The molecule has 0 saturated carbocycles. The quantitative estimate of drug-likeness (QED) is 0.0191. The van der Waals surface area contributed by atoms with Gasteiger partial charge in [0.25, 0.3) is 0 Å². The van der Waals surface area contributed by atoms with Gasteiger partial charge in [-0.15, -0.1) is 0 Å². The molecule has 0 aromatic carbocycles. The Kier molecular flexibility index (Phi) is 37.5. The standard InChI is InChI=1S/C42H77NO12/c1-5-7-9-11-13-15-17-19-21-23-25-27-38(44)51-35-37(53-40(46)28-26-24-22-20-18-16-14-12-10-8-6-2)36-52-39(45)29-32-43(33-30-41(47)54-49-3)34-31-42(48)55-50-4/h37H,5-36H2,1-4H3. The predicted octanol–water partition coefficient (Wildman–Crippen LogP) is 9.07. The average molecular weight is 788 g/mol. The summed E-state index contributed by atoms with van der Waals surface area (Å²) in [7, 11) is 2.44. The van der Waals surface area contributed by atoms with Crippen LogP contribution in [-0.4, -0.2) is 87.9 Å². The Morgan fingerprint density at radius 2 is 0.709 bits per heavy atom. The van der Waals surface area contributed by atoms with Crippen molar-refractivity contribution < 1.29 is 57.7 Å². The Labute approximate surface area is 332 Å². The largest absolute Gasteiger partial charge is 0.462 e. The topological polar surface area (TPSA) is 153 Å². The first kappa shape index (κ1) is 52.2. The summed E-state index contributed by atoms with van der Waals surface area (Å²) in [6, 6.07) is 0. The molecule has 0 aliphatic heterocycles. The number of hydrogen-bond donors (Lipinski definition) is 0. The zero-order valence-corrected chi connectivity index (χ0v) is 35.1. The summed E-state index contributed by atoms with van der Waals surface area (Å²) in [4.78, 5) is 81.1. The number of hydrogen-bond acceptors (Lipinski definition) is 13. The van der Waals surface area contributed by atoms with Crippen LogP contribution in [0.1, 0.15) is 187 Å². The maximum absolute atomic E-state index is 12.7. The van der Waals surface area contributed by atoms with Crippen LogP contribution in [0.25, 0.3) is 0 Å². The Hall–Kier alpha value is -2.77. The smallest absolute Gasteiger partial charge is 0.343 e. The summed E-state index contributed by atoms with van der Waals surface area (Å²) in [6.07, 6.45) is 25.2. The Balaban J connectivity index is 4.83. The van der Waals surface area contributed by atoms with Gasteiger partial charge in [0.2, 0.25) is 0 Å². The molecule has 1 unspecified atom stereocenters. The van der Waals surface area contributed by atoms with E-state index in [4.69, 9.17) is 14.2 Å². The molecule has 0 spiro atoms. The fourth-order valence-corrected chi connectivity index (χ4v) is 6.10. The molecule has 55 heavy (non-hydrogen) atoms. The van der Waals surface area contributed by atoms with E-state index in [0.717, 1.165) is 38.5 Å². The number of unbranched alkanes of at least 4 members (excludes halogenated alkanes) is 20. The summed E-state index contributed by atoms with van der Waals surface area (Å²) in [5, 5.41) is 0. The lowest BCUT2D eigenvalue weighted by atomic mass is 10.1. The molecule has 322 valence electrons. The van der Waals surface area contributed by atoms with Gasteiger partial charge in [0.05, 0.1) is 33.5 Å². The van der Waals surface area contributed by atoms with E-state index >= 15 is 0 Å². The molecule has 13 nitrogen and oxygen atoms in total. The van der Waals surface area contributed by atoms with E-state index in [2.05, 4.69) is 33.4 Å². The third kappa shape index (κ3) is 36.6. The third-order valence-electron chi connectivity index (χ3n) is 9.38. The first-order chi connectivity index (χ1) is 26.7. The molecule has 1 atom stereocenters. The minimum atomic E-state index is -0.936. The van der Waals surface area contributed by atoms with Crippen LogP contribution in [0, 0.1) is 0 Å². The van der Waals surface area contributed by atoms with Gasteiger partial charge in [0, 0.05) is 32.5 Å². The van der Waals surface area contributed by atoms with Crippen LogP contribution < -0.4 is 0 Å². The van der Waals surface area contributed by atoms with Crippen molar-refractivity contribution in [1.29, 1.82) is 0 Å². The predicted molar refractivity (Wildman–Crippen MR) is 210 cm³/mol. The lowest BCUT2D eigenvalue weighted by Gasteiger charge is -2.21. The molecule has 0 bridgehead atoms. The van der Waals surface area contributed by atoms with Crippen LogP contribution in [0.15, 0.2) is 0 Å². The Morgan fingerprint density at radius 1 is 0.400 bits per heavy atom. The molecule has 0 radical (unpaired) electrons. The van der Waals surface area contributed by atoms with Crippen molar-refractivity contribution in [3.63, 3.8) is 0 Å². The second-order valence-corrected chi connectivity index (χ2v) is 14.4. The lowest BCUT2D eigenvalue weighted by molar-refractivity contribution is -0.255. The highest BCUT2D eigenvalue weighted by atomic mass is 17.2. The van der Waals surface area contributed by atoms with Crippen molar-refractivity contribution in [2.45, 2.75) is 193 Å². The summed E-state index contributed by atoms with van der Waals surface area (Å²) in [5.41, 5.74) is 0. The maximum atomic E-state index is 12.7. The van der Waals surface area contributed by atoms with Gasteiger partial charge in [-0.1, -0.05) is 142 Å². The van der Waals surface area contributed by atoms with Gasteiger partial charge in [-0.25, -0.2) is 9.59 Å². The van der Waals surface area contributed by atoms with Crippen LogP contribution in [0.2, 0.25) is 0 Å². The van der Waals surface area contributed by atoms with Crippen molar-refractivity contribution in [3.8, 4) is 0 Å². The number of ether oxygens (including phenoxy) is 3. The van der Waals surface area contributed by atoms with Gasteiger partial charge < -0.3 is 19.1 Å². The van der Waals surface area contributed by atoms with Crippen LogP contribution in [0.3, 0.4) is 0 Å². The highest BCUT2D eigenvalue weighted by molar-refractivity contribution is 5.71. The Bertz CT molecular complexity index is 941. The summed E-state index contributed by atoms with van der Waals surface area (Å²) >= 11 is 0. The molecule has 0 fully saturated rings. The summed E-state index contributed by atoms with van der Waals surface area (Å²) in [5.74, 6) is -2.59. The molecule has 0 aromatic heterocycles. The van der Waals surface area contributed by atoms with Crippen molar-refractivity contribution in [3.05, 3.63) is 0 Å². The van der Waals surface area contributed by atoms with E-state index in [0.29, 0.717) is 6.42 Å². The molecular weight excluding hydrogens is 710 g/mol. The van der Waals surface area contributed by atoms with E-state index < -0.39 is 30.0 Å². The minimum Gasteiger partial charge on any atom is -0.462 e. The molecular formula is C42H77NO12. The molecule has 0 aliphatic carbocycles. The number of rotatable bonds is 40. The van der Waals surface area contributed by atoms with Gasteiger partial charge in [-0.2, -0.15) is 9.78 Å². The van der Waals surface area contributed by atoms with Gasteiger partial charge in [-0.05, 0) is 12.8 Å². The van der Waals surface area contributed by atoms with Gasteiger partial charge in [0.15, 0.2) is 6.10 Å². The van der Waals surface area contributed by atoms with Gasteiger partial charge in [-0.3, -0.25) is 24.2 Å². The SMILES string of the molecule is CCCCCCCCCCCCCC(=O)OCC(COC(=O)CCN(CCC(=O)OOC)CCC(=O)OOC)OC(=O)CCCCCCCCCCCCC. The van der Waals surface area contributed by atoms with Crippen molar-refractivity contribution in [2.24, 2.45) is 0 Å². The highest BCUT2D eigenvalue weighted by Gasteiger charge is 2.21. The van der Waals surface area contributed by atoms with E-state index in [1.807, 2.05) is 0 Å². The first-order valence-corrected chi connectivity index (χ1v) is 21.5. The van der Waals surface area contributed by atoms with Crippen molar-refractivity contribution in [2.75, 3.05) is 47.1 Å². The molecule has 0 aliphatic rings. The minimum absolute atomic E-state index is 0.0378. The Morgan fingerprint density at radius 3 is 1.07 bits per heavy atom. The fourth-order valence-electron chi connectivity index (χ4n) is 6.10. The van der Waals surface area contributed by atoms with E-state index in [-0.39, 0.29) is 70.9 Å². The second-order valence-electron chi connectivity index (χ2n) is 14.4. The van der Waals surface area contributed by atoms with Crippen molar-refractivity contribution >= 4 is 29.8 Å². The third-order valence-corrected chi connectivity index (χ3v) is 9.38. The molecule has 0 N–H and O–H groups in total. The average Bonchev–Trinajstić information content (AvgIpc) is 3.16. The van der Waals surface area contributed by atoms with E-state index in [9.17, 15) is 24.0 Å². The molecule has 0 rings (SSSR count). The summed E-state index contributed by atoms with van der Waals surface area (Å²) < 4.78 is 16.5. The molecule has 13 heteroatoms. The fraction of sp³-hybridized carbons (Fsp3) is 0.881. The number of carbonyl (C=O) groups is 5. The number of carbonyl (C=O) groups excluding carboxylic acids is 5. The normalized spacial score (nSPS) is 11.7. The lowest BCUT2D eigenvalue weighted by Crippen LogP contribution is -2.33. The zero-order chi connectivity index (χ0) is 40.6. The van der Waals surface area contributed by atoms with Gasteiger partial charge in [0.1, 0.15) is 13.2 Å². The van der Waals surface area contributed by atoms with Gasteiger partial charge >= 0.3 is 29.8 Å². The molecule has 0 amide bonds. The zero-order valence-electron chi connectivity index (χ0n) is 35.1. The van der Waals surface area contributed by atoms with Crippen LogP contribution in [0.4, 0.5) is 0 Å². The second kappa shape index (κ2) is 39.5. The van der Waals surface area contributed by atoms with E-state index in [1.54, 1.807) is 4.90 Å². The van der Waals surface area contributed by atoms with Crippen LogP contribution in [-0.2, 0) is 57.7 Å². The maximum Gasteiger partial charge on any atom is 0.343 e. The molecule has 0 saturated heterocycles. The highest BCUT2D eigenvalue weighted by Crippen LogP contribution is 2.14. The van der Waals surface area contributed by atoms with E-state index in [1.165, 1.54) is 111 Å².